The van der Waals surface area contributed by atoms with E-state index in [0.29, 0.717) is 11.1 Å². The van der Waals surface area contributed by atoms with E-state index in [1.165, 1.54) is 0 Å². The van der Waals surface area contributed by atoms with E-state index in [9.17, 15) is 9.59 Å². The van der Waals surface area contributed by atoms with Gasteiger partial charge in [-0.2, -0.15) is 0 Å². The van der Waals surface area contributed by atoms with E-state index in [0.717, 1.165) is 11.3 Å². The largest absolute Gasteiger partial charge is 0.496 e. The highest BCUT2D eigenvalue weighted by molar-refractivity contribution is 5.97. The minimum atomic E-state index is -0.514. The number of methoxy groups -OCH3 is 1. The molecule has 2 aromatic carbocycles. The van der Waals surface area contributed by atoms with Crippen LogP contribution in [0.5, 0.6) is 5.75 Å². The molecule has 0 spiro atoms. The van der Waals surface area contributed by atoms with Crippen LogP contribution in [0.1, 0.15) is 39.2 Å². The number of ether oxygens (including phenoxy) is 1. The van der Waals surface area contributed by atoms with E-state index in [4.69, 9.17) is 10.5 Å². The number of para-hydroxylation sites is 1. The van der Waals surface area contributed by atoms with Crippen molar-refractivity contribution in [3.8, 4) is 5.75 Å². The van der Waals surface area contributed by atoms with Crippen molar-refractivity contribution >= 4 is 11.8 Å². The molecule has 0 saturated carbocycles. The molecule has 120 valence electrons. The average molecular weight is 312 g/mol. The van der Waals surface area contributed by atoms with Gasteiger partial charge >= 0.3 is 0 Å². The summed E-state index contributed by atoms with van der Waals surface area (Å²) in [5, 5.41) is 0. The molecule has 0 aliphatic rings. The Kier molecular flexibility index (Phi) is 5.01. The van der Waals surface area contributed by atoms with Crippen LogP contribution in [0.4, 0.5) is 0 Å². The molecule has 0 saturated heterocycles. The molecule has 0 fully saturated rings. The number of hydrogen-bond acceptors (Lipinski definition) is 3. The Hall–Kier alpha value is -2.82. The lowest BCUT2D eigenvalue weighted by atomic mass is 10.0. The molecule has 0 aromatic heterocycles. The minimum Gasteiger partial charge on any atom is -0.496 e. The molecule has 2 aromatic rings. The van der Waals surface area contributed by atoms with Gasteiger partial charge in [0.05, 0.1) is 13.2 Å². The number of carbonyl (C=O) groups is 2. The normalized spacial score (nSPS) is 11.6. The van der Waals surface area contributed by atoms with Crippen molar-refractivity contribution in [1.29, 1.82) is 0 Å². The third-order valence-corrected chi connectivity index (χ3v) is 3.91. The zero-order valence-corrected chi connectivity index (χ0v) is 13.4. The molecule has 0 aliphatic heterocycles. The lowest BCUT2D eigenvalue weighted by molar-refractivity contribution is 0.0740. The van der Waals surface area contributed by atoms with E-state index in [1.54, 1.807) is 43.3 Å². The molecular formula is C18H20N2O3. The van der Waals surface area contributed by atoms with Crippen LogP contribution < -0.4 is 10.5 Å². The second kappa shape index (κ2) is 6.96. The van der Waals surface area contributed by atoms with E-state index in [2.05, 4.69) is 0 Å². The van der Waals surface area contributed by atoms with Crippen LogP contribution in [0.2, 0.25) is 0 Å². The maximum absolute atomic E-state index is 12.6. The molecule has 1 atom stereocenters. The third kappa shape index (κ3) is 3.51. The quantitative estimate of drug-likeness (QED) is 0.922. The van der Waals surface area contributed by atoms with E-state index in [1.807, 2.05) is 31.2 Å². The van der Waals surface area contributed by atoms with Crippen molar-refractivity contribution in [2.75, 3.05) is 14.2 Å². The summed E-state index contributed by atoms with van der Waals surface area (Å²) in [5.41, 5.74) is 7.01. The van der Waals surface area contributed by atoms with Gasteiger partial charge in [0.15, 0.2) is 0 Å². The third-order valence-electron chi connectivity index (χ3n) is 3.91. The SMILES string of the molecule is COc1ccccc1C(C)N(C)C(=O)c1ccc(C(N)=O)cc1. The first-order valence-electron chi connectivity index (χ1n) is 7.25. The molecule has 0 aliphatic carbocycles. The predicted octanol–water partition coefficient (Wildman–Crippen LogP) is 2.63. The predicted molar refractivity (Wildman–Crippen MR) is 88.5 cm³/mol. The van der Waals surface area contributed by atoms with Crippen molar-refractivity contribution in [3.63, 3.8) is 0 Å². The number of carbonyl (C=O) groups excluding carboxylic acids is 2. The summed E-state index contributed by atoms with van der Waals surface area (Å²) >= 11 is 0. The van der Waals surface area contributed by atoms with Gasteiger partial charge in [-0.05, 0) is 37.3 Å². The van der Waals surface area contributed by atoms with Crippen LogP contribution in [-0.4, -0.2) is 30.9 Å². The summed E-state index contributed by atoms with van der Waals surface area (Å²) in [6, 6.07) is 13.8. The van der Waals surface area contributed by atoms with Gasteiger partial charge in [-0.1, -0.05) is 18.2 Å². The lowest BCUT2D eigenvalue weighted by Gasteiger charge is -2.26. The van der Waals surface area contributed by atoms with Crippen LogP contribution in [0, 0.1) is 0 Å². The smallest absolute Gasteiger partial charge is 0.254 e. The maximum atomic E-state index is 12.6. The van der Waals surface area contributed by atoms with E-state index < -0.39 is 5.91 Å². The summed E-state index contributed by atoms with van der Waals surface area (Å²) in [6.45, 7) is 1.94. The highest BCUT2D eigenvalue weighted by Crippen LogP contribution is 2.28. The molecule has 5 heteroatoms. The molecule has 2 N–H and O–H groups in total. The monoisotopic (exact) mass is 312 g/mol. The molecule has 23 heavy (non-hydrogen) atoms. The average Bonchev–Trinajstić information content (AvgIpc) is 2.59. The van der Waals surface area contributed by atoms with Crippen molar-refractivity contribution < 1.29 is 14.3 Å². The number of nitrogens with zero attached hydrogens (tertiary/aromatic N) is 1. The Morgan fingerprint density at radius 1 is 1.04 bits per heavy atom. The highest BCUT2D eigenvalue weighted by atomic mass is 16.5. The van der Waals surface area contributed by atoms with Gasteiger partial charge in [0.2, 0.25) is 5.91 Å². The summed E-state index contributed by atoms with van der Waals surface area (Å²) in [6.07, 6.45) is 0. The molecule has 2 rings (SSSR count). The second-order valence-corrected chi connectivity index (χ2v) is 5.28. The van der Waals surface area contributed by atoms with Gasteiger partial charge < -0.3 is 15.4 Å². The first kappa shape index (κ1) is 16.5. The van der Waals surface area contributed by atoms with Crippen LogP contribution in [0.25, 0.3) is 0 Å². The van der Waals surface area contributed by atoms with Gasteiger partial charge in [0.25, 0.3) is 5.91 Å². The molecule has 0 radical (unpaired) electrons. The summed E-state index contributed by atoms with van der Waals surface area (Å²) < 4.78 is 5.35. The first-order chi connectivity index (χ1) is 11.0. The molecule has 0 bridgehead atoms. The molecular weight excluding hydrogens is 292 g/mol. The minimum absolute atomic E-state index is 0.139. The number of primary amides is 1. The summed E-state index contributed by atoms with van der Waals surface area (Å²) in [5.74, 6) is 0.0860. The van der Waals surface area contributed by atoms with Crippen molar-refractivity contribution in [3.05, 3.63) is 65.2 Å². The molecule has 5 nitrogen and oxygen atoms in total. The van der Waals surface area contributed by atoms with Crippen molar-refractivity contribution in [1.82, 2.24) is 4.90 Å². The van der Waals surface area contributed by atoms with Crippen LogP contribution in [0.3, 0.4) is 0 Å². The van der Waals surface area contributed by atoms with E-state index in [-0.39, 0.29) is 11.9 Å². The fourth-order valence-electron chi connectivity index (χ4n) is 2.38. The van der Waals surface area contributed by atoms with Crippen LogP contribution in [-0.2, 0) is 0 Å². The Morgan fingerprint density at radius 3 is 2.17 bits per heavy atom. The van der Waals surface area contributed by atoms with Gasteiger partial charge in [-0.3, -0.25) is 9.59 Å². The fourth-order valence-corrected chi connectivity index (χ4v) is 2.38. The highest BCUT2D eigenvalue weighted by Gasteiger charge is 2.21. The van der Waals surface area contributed by atoms with E-state index >= 15 is 0 Å². The van der Waals surface area contributed by atoms with Gasteiger partial charge in [-0.25, -0.2) is 0 Å². The topological polar surface area (TPSA) is 72.6 Å². The Morgan fingerprint density at radius 2 is 1.61 bits per heavy atom. The Balaban J connectivity index is 2.23. The molecule has 0 heterocycles. The lowest BCUT2D eigenvalue weighted by Crippen LogP contribution is -2.30. The number of rotatable bonds is 5. The zero-order valence-electron chi connectivity index (χ0n) is 13.4. The molecule has 2 amide bonds. The standard InChI is InChI=1S/C18H20N2O3/c1-12(15-6-4-5-7-16(15)23-3)20(2)18(22)14-10-8-13(9-11-14)17(19)21/h4-12H,1-3H3,(H2,19,21). The Bertz CT molecular complexity index is 710. The van der Waals surface area contributed by atoms with Crippen molar-refractivity contribution in [2.45, 2.75) is 13.0 Å². The number of nitrogens with two attached hydrogens (primary N) is 1. The summed E-state index contributed by atoms with van der Waals surface area (Å²) in [7, 11) is 3.34. The second-order valence-electron chi connectivity index (χ2n) is 5.28. The van der Waals surface area contributed by atoms with Gasteiger partial charge in [0, 0.05) is 23.7 Å². The maximum Gasteiger partial charge on any atom is 0.254 e. The molecule has 1 unspecified atom stereocenters. The number of benzene rings is 2. The first-order valence-corrected chi connectivity index (χ1v) is 7.25. The fraction of sp³-hybridized carbons (Fsp3) is 0.222. The summed E-state index contributed by atoms with van der Waals surface area (Å²) in [4.78, 5) is 25.3. The zero-order chi connectivity index (χ0) is 17.0. The van der Waals surface area contributed by atoms with Crippen LogP contribution in [0.15, 0.2) is 48.5 Å². The van der Waals surface area contributed by atoms with Crippen LogP contribution >= 0.6 is 0 Å². The number of hydrogen-bond donors (Lipinski definition) is 1. The van der Waals surface area contributed by atoms with Gasteiger partial charge in [0.1, 0.15) is 5.75 Å². The Labute approximate surface area is 135 Å². The van der Waals surface area contributed by atoms with Crippen molar-refractivity contribution in [2.24, 2.45) is 5.73 Å². The van der Waals surface area contributed by atoms with Gasteiger partial charge in [-0.15, -0.1) is 0 Å². The number of amides is 2.